The Kier molecular flexibility index (Phi) is 3.97. The van der Waals surface area contributed by atoms with Crippen LogP contribution in [0, 0.1) is 0 Å². The first-order valence-electron chi connectivity index (χ1n) is 5.01. The van der Waals surface area contributed by atoms with Crippen LogP contribution in [0.5, 0.6) is 0 Å². The van der Waals surface area contributed by atoms with Gasteiger partial charge in [0.2, 0.25) is 0 Å². The number of morpholine rings is 1. The van der Waals surface area contributed by atoms with E-state index < -0.39 is 0 Å². The second-order valence-electron chi connectivity index (χ2n) is 3.71. The zero-order valence-corrected chi connectivity index (χ0v) is 11.0. The van der Waals surface area contributed by atoms with Crippen LogP contribution in [0.15, 0.2) is 22.0 Å². The molecule has 1 aliphatic rings. The summed E-state index contributed by atoms with van der Waals surface area (Å²) < 4.78 is 6.64. The maximum Gasteiger partial charge on any atom is 0.0704 e. The third-order valence-electron chi connectivity index (χ3n) is 2.25. The van der Waals surface area contributed by atoms with Crippen LogP contribution in [0.3, 0.4) is 0 Å². The van der Waals surface area contributed by atoms with Crippen molar-refractivity contribution >= 4 is 33.3 Å². The summed E-state index contributed by atoms with van der Waals surface area (Å²) in [5.74, 6) is 0. The lowest BCUT2D eigenvalue weighted by atomic mass is 10.2. The fourth-order valence-corrected chi connectivity index (χ4v) is 2.91. The minimum Gasteiger partial charge on any atom is -0.378 e. The predicted octanol–water partition coefficient (Wildman–Crippen LogP) is 2.90. The van der Waals surface area contributed by atoms with Gasteiger partial charge in [-0.15, -0.1) is 11.3 Å². The van der Waals surface area contributed by atoms with E-state index in [1.54, 1.807) is 11.3 Å². The van der Waals surface area contributed by atoms with E-state index in [9.17, 15) is 0 Å². The van der Waals surface area contributed by atoms with Gasteiger partial charge in [0.05, 0.1) is 17.0 Å². The predicted molar refractivity (Wildman–Crippen MR) is 68.3 cm³/mol. The molecule has 2 rings (SSSR count). The fraction of sp³-hybridized carbons (Fsp3) is 0.455. The molecular weight excluding hydrogens is 274 g/mol. The average molecular weight is 288 g/mol. The molecule has 0 bridgehead atoms. The zero-order chi connectivity index (χ0) is 10.7. The highest BCUT2D eigenvalue weighted by molar-refractivity contribution is 9.11. The molecule has 0 radical (unpaired) electrons. The number of ether oxygens (including phenoxy) is 1. The molecule has 0 aromatic carbocycles. The molecule has 4 heteroatoms. The Balaban J connectivity index is 1.93. The Morgan fingerprint density at radius 2 is 2.40 bits per heavy atom. The van der Waals surface area contributed by atoms with Crippen molar-refractivity contribution in [3.8, 4) is 0 Å². The lowest BCUT2D eigenvalue weighted by Crippen LogP contribution is -2.46. The highest BCUT2D eigenvalue weighted by Gasteiger charge is 2.15. The Bertz CT molecular complexity index is 350. The van der Waals surface area contributed by atoms with Crippen LogP contribution in [0.1, 0.15) is 11.8 Å². The summed E-state index contributed by atoms with van der Waals surface area (Å²) in [6, 6.07) is 4.97. The van der Waals surface area contributed by atoms with E-state index in [1.807, 2.05) is 0 Å². The number of halogens is 1. The van der Waals surface area contributed by atoms with E-state index in [2.05, 4.69) is 52.5 Å². The molecule has 82 valence electrons. The summed E-state index contributed by atoms with van der Waals surface area (Å²) in [4.78, 5) is 1.27. The molecule has 0 amide bonds. The van der Waals surface area contributed by atoms with E-state index in [1.165, 1.54) is 8.66 Å². The van der Waals surface area contributed by atoms with E-state index in [-0.39, 0.29) is 0 Å². The summed E-state index contributed by atoms with van der Waals surface area (Å²) in [7, 11) is 0. The van der Waals surface area contributed by atoms with Crippen LogP contribution in [-0.2, 0) is 4.74 Å². The van der Waals surface area contributed by atoms with Crippen LogP contribution < -0.4 is 5.32 Å². The summed E-state index contributed by atoms with van der Waals surface area (Å²) >= 11 is 5.19. The van der Waals surface area contributed by atoms with Crippen molar-refractivity contribution in [2.75, 3.05) is 13.2 Å². The number of rotatable bonds is 2. The molecule has 0 spiro atoms. The number of hydrogen-bond acceptors (Lipinski definition) is 3. The van der Waals surface area contributed by atoms with Crippen molar-refractivity contribution in [3.05, 3.63) is 26.9 Å². The average Bonchev–Trinajstić information content (AvgIpc) is 2.62. The number of nitrogens with one attached hydrogen (secondary N) is 1. The Hall–Kier alpha value is -0.160. The van der Waals surface area contributed by atoms with E-state index >= 15 is 0 Å². The minimum absolute atomic E-state index is 0.342. The maximum absolute atomic E-state index is 5.47. The molecule has 2 atom stereocenters. The monoisotopic (exact) mass is 287 g/mol. The van der Waals surface area contributed by atoms with Gasteiger partial charge in [0.25, 0.3) is 0 Å². The van der Waals surface area contributed by atoms with Gasteiger partial charge in [0, 0.05) is 17.0 Å². The SMILES string of the molecule is CC1COCC(/C=C/c2ccc(Br)s2)N1. The molecule has 1 aromatic heterocycles. The molecule has 2 unspecified atom stereocenters. The normalized spacial score (nSPS) is 27.3. The van der Waals surface area contributed by atoms with Crippen LogP contribution in [0.4, 0.5) is 0 Å². The molecule has 0 aliphatic carbocycles. The van der Waals surface area contributed by atoms with Crippen LogP contribution in [0.25, 0.3) is 6.08 Å². The molecular formula is C11H14BrNOS. The van der Waals surface area contributed by atoms with Crippen LogP contribution in [0.2, 0.25) is 0 Å². The Labute approximate surface area is 102 Å². The van der Waals surface area contributed by atoms with Gasteiger partial charge < -0.3 is 10.1 Å². The highest BCUT2D eigenvalue weighted by atomic mass is 79.9. The third-order valence-corrected chi connectivity index (χ3v) is 3.84. The van der Waals surface area contributed by atoms with Gasteiger partial charge in [-0.2, -0.15) is 0 Å². The van der Waals surface area contributed by atoms with Gasteiger partial charge in [-0.05, 0) is 41.1 Å². The first-order valence-corrected chi connectivity index (χ1v) is 6.62. The van der Waals surface area contributed by atoms with Gasteiger partial charge in [0.15, 0.2) is 0 Å². The smallest absolute Gasteiger partial charge is 0.0704 e. The fourth-order valence-electron chi connectivity index (χ4n) is 1.57. The topological polar surface area (TPSA) is 21.3 Å². The quantitative estimate of drug-likeness (QED) is 0.903. The van der Waals surface area contributed by atoms with Crippen LogP contribution >= 0.6 is 27.3 Å². The van der Waals surface area contributed by atoms with Crippen molar-refractivity contribution in [3.63, 3.8) is 0 Å². The van der Waals surface area contributed by atoms with Gasteiger partial charge >= 0.3 is 0 Å². The minimum atomic E-state index is 0.342. The number of hydrogen-bond donors (Lipinski definition) is 1. The lowest BCUT2D eigenvalue weighted by molar-refractivity contribution is 0.0637. The molecule has 2 heterocycles. The Morgan fingerprint density at radius 3 is 3.07 bits per heavy atom. The van der Waals surface area contributed by atoms with Gasteiger partial charge in [-0.1, -0.05) is 6.08 Å². The first kappa shape index (κ1) is 11.3. The second-order valence-corrected chi connectivity index (χ2v) is 6.21. The van der Waals surface area contributed by atoms with E-state index in [0.717, 1.165) is 13.2 Å². The highest BCUT2D eigenvalue weighted by Crippen LogP contribution is 2.23. The molecule has 1 fully saturated rings. The Morgan fingerprint density at radius 1 is 1.53 bits per heavy atom. The van der Waals surface area contributed by atoms with Crippen molar-refractivity contribution in [1.29, 1.82) is 0 Å². The van der Waals surface area contributed by atoms with Gasteiger partial charge in [0.1, 0.15) is 0 Å². The van der Waals surface area contributed by atoms with Crippen molar-refractivity contribution in [1.82, 2.24) is 5.32 Å². The maximum atomic E-state index is 5.47. The first-order chi connectivity index (χ1) is 7.24. The van der Waals surface area contributed by atoms with E-state index in [4.69, 9.17) is 4.74 Å². The summed E-state index contributed by atoms with van der Waals surface area (Å²) in [6.07, 6.45) is 4.32. The molecule has 15 heavy (non-hydrogen) atoms. The van der Waals surface area contributed by atoms with Gasteiger partial charge in [-0.25, -0.2) is 0 Å². The summed E-state index contributed by atoms with van der Waals surface area (Å²) in [5, 5.41) is 3.47. The standard InChI is InChI=1S/C11H14BrNOS/c1-8-6-14-7-9(13-8)2-3-10-4-5-11(12)15-10/h2-5,8-9,13H,6-7H2,1H3/b3-2+. The van der Waals surface area contributed by atoms with Gasteiger partial charge in [-0.3, -0.25) is 0 Å². The second kappa shape index (κ2) is 5.25. The number of thiophene rings is 1. The molecule has 1 aliphatic heterocycles. The van der Waals surface area contributed by atoms with Crippen LogP contribution in [-0.4, -0.2) is 25.3 Å². The molecule has 0 saturated carbocycles. The van der Waals surface area contributed by atoms with Crippen molar-refractivity contribution < 1.29 is 4.74 Å². The van der Waals surface area contributed by atoms with Crippen molar-refractivity contribution in [2.24, 2.45) is 0 Å². The molecule has 2 nitrogen and oxygen atoms in total. The lowest BCUT2D eigenvalue weighted by Gasteiger charge is -2.26. The van der Waals surface area contributed by atoms with E-state index in [0.29, 0.717) is 12.1 Å². The summed E-state index contributed by atoms with van der Waals surface area (Å²) in [5.41, 5.74) is 0. The zero-order valence-electron chi connectivity index (χ0n) is 8.57. The largest absolute Gasteiger partial charge is 0.378 e. The molecule has 1 saturated heterocycles. The summed E-state index contributed by atoms with van der Waals surface area (Å²) in [6.45, 7) is 3.73. The van der Waals surface area contributed by atoms with Crippen molar-refractivity contribution in [2.45, 2.75) is 19.0 Å². The third kappa shape index (κ3) is 3.41. The molecule has 1 aromatic rings. The molecule has 1 N–H and O–H groups in total.